The summed E-state index contributed by atoms with van der Waals surface area (Å²) in [5.41, 5.74) is 2.50. The Hall–Kier alpha value is -3.73. The minimum atomic E-state index is -0.939. The molecule has 0 aromatic heterocycles. The molecule has 30 heavy (non-hydrogen) atoms. The zero-order valence-electron chi connectivity index (χ0n) is 16.6. The fourth-order valence-electron chi connectivity index (χ4n) is 3.76. The standard InChI is InChI=1S/C25H22N2O3/c1-17(19-12-6-3-7-13-19)26-23(28)22(16-18-10-4-2-5-11-18)27-24(29)20-14-8-9-15-21(20)25(27)30/h2-15,17,22H,16H2,1H3,(H,26,28)/t17-,22-/m0/s1. The van der Waals surface area contributed by atoms with Gasteiger partial charge in [0.25, 0.3) is 11.8 Å². The lowest BCUT2D eigenvalue weighted by Gasteiger charge is -2.27. The zero-order valence-corrected chi connectivity index (χ0v) is 16.6. The molecule has 1 aliphatic rings. The Morgan fingerprint density at radius 1 is 0.800 bits per heavy atom. The number of rotatable bonds is 6. The minimum absolute atomic E-state index is 0.250. The fourth-order valence-corrected chi connectivity index (χ4v) is 3.76. The largest absolute Gasteiger partial charge is 0.348 e. The third kappa shape index (κ3) is 3.74. The van der Waals surface area contributed by atoms with Gasteiger partial charge in [-0.3, -0.25) is 19.3 Å². The quantitative estimate of drug-likeness (QED) is 0.643. The average molecular weight is 398 g/mol. The molecule has 4 rings (SSSR count). The molecule has 0 radical (unpaired) electrons. The maximum Gasteiger partial charge on any atom is 0.262 e. The first-order valence-corrected chi connectivity index (χ1v) is 9.92. The highest BCUT2D eigenvalue weighted by Crippen LogP contribution is 2.26. The number of hydrogen-bond acceptors (Lipinski definition) is 3. The van der Waals surface area contributed by atoms with E-state index in [1.54, 1.807) is 24.3 Å². The Labute approximate surface area is 175 Å². The van der Waals surface area contributed by atoms with Gasteiger partial charge in [-0.1, -0.05) is 72.8 Å². The third-order valence-corrected chi connectivity index (χ3v) is 5.37. The molecule has 0 aliphatic carbocycles. The van der Waals surface area contributed by atoms with Crippen LogP contribution in [0, 0.1) is 0 Å². The maximum atomic E-state index is 13.3. The van der Waals surface area contributed by atoms with Gasteiger partial charge >= 0.3 is 0 Å². The van der Waals surface area contributed by atoms with Gasteiger partial charge < -0.3 is 5.32 Å². The van der Waals surface area contributed by atoms with E-state index in [4.69, 9.17) is 0 Å². The van der Waals surface area contributed by atoms with Gasteiger partial charge in [-0.2, -0.15) is 0 Å². The summed E-state index contributed by atoms with van der Waals surface area (Å²) in [5, 5.41) is 2.98. The predicted molar refractivity (Wildman–Crippen MR) is 114 cm³/mol. The Morgan fingerprint density at radius 2 is 1.30 bits per heavy atom. The third-order valence-electron chi connectivity index (χ3n) is 5.37. The van der Waals surface area contributed by atoms with Gasteiger partial charge in [-0.15, -0.1) is 0 Å². The number of benzene rings is 3. The van der Waals surface area contributed by atoms with Crippen LogP contribution in [0.5, 0.6) is 0 Å². The lowest BCUT2D eigenvalue weighted by atomic mass is 10.0. The fraction of sp³-hybridized carbons (Fsp3) is 0.160. The van der Waals surface area contributed by atoms with Crippen LogP contribution < -0.4 is 5.32 Å². The molecule has 1 heterocycles. The molecule has 0 spiro atoms. The van der Waals surface area contributed by atoms with Crippen LogP contribution in [0.1, 0.15) is 44.8 Å². The van der Waals surface area contributed by atoms with Gasteiger partial charge in [0.15, 0.2) is 0 Å². The number of imide groups is 1. The number of amides is 3. The predicted octanol–water partition coefficient (Wildman–Crippen LogP) is 3.77. The summed E-state index contributed by atoms with van der Waals surface area (Å²) in [5.74, 6) is -1.22. The second kappa shape index (κ2) is 8.33. The van der Waals surface area contributed by atoms with Crippen LogP contribution in [0.25, 0.3) is 0 Å². The van der Waals surface area contributed by atoms with Crippen molar-refractivity contribution in [3.63, 3.8) is 0 Å². The lowest BCUT2D eigenvalue weighted by molar-refractivity contribution is -0.125. The summed E-state index contributed by atoms with van der Waals surface area (Å²) in [6.07, 6.45) is 0.250. The highest BCUT2D eigenvalue weighted by molar-refractivity contribution is 6.22. The molecule has 1 N–H and O–H groups in total. The van der Waals surface area contributed by atoms with E-state index in [0.29, 0.717) is 11.1 Å². The highest BCUT2D eigenvalue weighted by atomic mass is 16.2. The molecule has 0 saturated carbocycles. The highest BCUT2D eigenvalue weighted by Gasteiger charge is 2.42. The molecule has 150 valence electrons. The Balaban J connectivity index is 1.64. The van der Waals surface area contributed by atoms with Crippen molar-refractivity contribution in [2.75, 3.05) is 0 Å². The topological polar surface area (TPSA) is 66.5 Å². The van der Waals surface area contributed by atoms with Gasteiger partial charge in [0.05, 0.1) is 17.2 Å². The smallest absolute Gasteiger partial charge is 0.262 e. The van der Waals surface area contributed by atoms with Gasteiger partial charge in [-0.25, -0.2) is 0 Å². The normalized spacial score (nSPS) is 14.9. The Kier molecular flexibility index (Phi) is 5.44. The number of carbonyl (C=O) groups excluding carboxylic acids is 3. The van der Waals surface area contributed by atoms with Crippen molar-refractivity contribution >= 4 is 17.7 Å². The van der Waals surface area contributed by atoms with E-state index in [1.807, 2.05) is 67.6 Å². The van der Waals surface area contributed by atoms with Crippen LogP contribution in [0.3, 0.4) is 0 Å². The summed E-state index contributed by atoms with van der Waals surface area (Å²) in [7, 11) is 0. The summed E-state index contributed by atoms with van der Waals surface area (Å²) >= 11 is 0. The van der Waals surface area contributed by atoms with Crippen molar-refractivity contribution in [2.45, 2.75) is 25.4 Å². The summed E-state index contributed by atoms with van der Waals surface area (Å²) in [6, 6.07) is 24.5. The van der Waals surface area contributed by atoms with Gasteiger partial charge in [0.2, 0.25) is 5.91 Å². The monoisotopic (exact) mass is 398 g/mol. The van der Waals surface area contributed by atoms with Crippen molar-refractivity contribution in [2.24, 2.45) is 0 Å². The van der Waals surface area contributed by atoms with E-state index in [-0.39, 0.29) is 18.4 Å². The molecule has 0 fully saturated rings. The average Bonchev–Trinajstić information content (AvgIpc) is 3.03. The van der Waals surface area contributed by atoms with Crippen molar-refractivity contribution in [3.8, 4) is 0 Å². The van der Waals surface area contributed by atoms with E-state index < -0.39 is 17.9 Å². The van der Waals surface area contributed by atoms with Crippen molar-refractivity contribution in [3.05, 3.63) is 107 Å². The molecule has 5 heteroatoms. The number of nitrogens with zero attached hydrogens (tertiary/aromatic N) is 1. The number of fused-ring (bicyclic) bond motifs is 1. The van der Waals surface area contributed by atoms with Crippen LogP contribution in [0.4, 0.5) is 0 Å². The Bertz CT molecular complexity index is 1040. The molecule has 0 bridgehead atoms. The summed E-state index contributed by atoms with van der Waals surface area (Å²) in [4.78, 5) is 40.5. The second-order valence-electron chi connectivity index (χ2n) is 7.37. The maximum absolute atomic E-state index is 13.3. The molecular formula is C25H22N2O3. The molecule has 3 aromatic rings. The van der Waals surface area contributed by atoms with Crippen LogP contribution in [0.2, 0.25) is 0 Å². The van der Waals surface area contributed by atoms with Gasteiger partial charge in [0.1, 0.15) is 6.04 Å². The molecule has 1 aliphatic heterocycles. The van der Waals surface area contributed by atoms with Crippen LogP contribution >= 0.6 is 0 Å². The minimum Gasteiger partial charge on any atom is -0.348 e. The van der Waals surface area contributed by atoms with E-state index in [2.05, 4.69) is 5.32 Å². The van der Waals surface area contributed by atoms with Crippen molar-refractivity contribution in [1.82, 2.24) is 10.2 Å². The molecule has 3 amide bonds. The number of carbonyl (C=O) groups is 3. The van der Waals surface area contributed by atoms with Crippen LogP contribution in [0.15, 0.2) is 84.9 Å². The van der Waals surface area contributed by atoms with E-state index in [0.717, 1.165) is 16.0 Å². The second-order valence-corrected chi connectivity index (χ2v) is 7.37. The van der Waals surface area contributed by atoms with Crippen LogP contribution in [-0.4, -0.2) is 28.7 Å². The first-order valence-electron chi connectivity index (χ1n) is 9.92. The van der Waals surface area contributed by atoms with E-state index >= 15 is 0 Å². The zero-order chi connectivity index (χ0) is 21.1. The summed E-state index contributed by atoms with van der Waals surface area (Å²) in [6.45, 7) is 1.88. The molecule has 0 unspecified atom stereocenters. The molecule has 2 atom stereocenters. The molecular weight excluding hydrogens is 376 g/mol. The van der Waals surface area contributed by atoms with Crippen molar-refractivity contribution in [1.29, 1.82) is 0 Å². The van der Waals surface area contributed by atoms with E-state index in [9.17, 15) is 14.4 Å². The van der Waals surface area contributed by atoms with Gasteiger partial charge in [0, 0.05) is 6.42 Å². The van der Waals surface area contributed by atoms with Gasteiger partial charge in [-0.05, 0) is 30.2 Å². The first kappa shape index (κ1) is 19.6. The summed E-state index contributed by atoms with van der Waals surface area (Å²) < 4.78 is 0. The molecule has 3 aromatic carbocycles. The number of nitrogens with one attached hydrogen (secondary N) is 1. The Morgan fingerprint density at radius 3 is 1.87 bits per heavy atom. The first-order chi connectivity index (χ1) is 14.6. The van der Waals surface area contributed by atoms with E-state index in [1.165, 1.54) is 0 Å². The lowest BCUT2D eigenvalue weighted by Crippen LogP contribution is -2.51. The molecule has 5 nitrogen and oxygen atoms in total. The molecule has 0 saturated heterocycles. The number of hydrogen-bond donors (Lipinski definition) is 1. The van der Waals surface area contributed by atoms with Crippen molar-refractivity contribution < 1.29 is 14.4 Å². The van der Waals surface area contributed by atoms with Crippen LogP contribution in [-0.2, 0) is 11.2 Å². The SMILES string of the molecule is C[C@H](NC(=O)[C@H](Cc1ccccc1)N1C(=O)c2ccccc2C1=O)c1ccccc1.